The van der Waals surface area contributed by atoms with E-state index >= 15 is 0 Å². The highest BCUT2D eigenvalue weighted by atomic mass is 16.6. The minimum atomic E-state index is -2.43. The third kappa shape index (κ3) is 14.4. The summed E-state index contributed by atoms with van der Waals surface area (Å²) in [6.45, 7) is 10.9. The molecule has 4 aliphatic rings. The van der Waals surface area contributed by atoms with Crippen molar-refractivity contribution in [2.75, 3.05) is 27.9 Å². The monoisotopic (exact) mass is 917 g/mol. The number of ether oxygens (including phenoxy) is 5. The number of hydrogen-bond acceptors (Lipinski definition) is 14. The topological polar surface area (TPSA) is 225 Å². The molecule has 6 N–H and O–H groups in total. The largest absolute Gasteiger partial charge is 0.459 e. The maximum absolute atomic E-state index is 14.4. The average Bonchev–Trinajstić information content (AvgIpc) is 3.29. The normalized spacial score (nSPS) is 40.2. The van der Waals surface area contributed by atoms with Gasteiger partial charge in [0, 0.05) is 64.5 Å². The van der Waals surface area contributed by atoms with Crippen LogP contribution in [-0.2, 0) is 42.9 Å². The van der Waals surface area contributed by atoms with Crippen LogP contribution in [0.25, 0.3) is 0 Å². The lowest BCUT2D eigenvalue weighted by atomic mass is 9.80. The minimum absolute atomic E-state index is 0.0191. The standard InChI is InChI=1S/C50H80N2O13/c1-29-15-11-10-12-16-30(2)40(61-7)27-36-20-18-34(6)50(60,65-36)47(57)48(58)52-22-14-13-17-38(52)49(59)64-42(37(51)25-35-19-21-39(53)43(26-35)63-9)28-41(62-8)31(3)24-33(5)45(55)46(56)44(54)32(4)23-29/h10-12,15-16,24,29,31-32,34-43,45-46,53,55-56,60H,13-14,17-23,25-28,51H2,1-9H3/b12-10?,15-11+,30-16?,33-24+/t29-,31-,32-,34-,35+,36+,37-,38+,39-,40+,41-,42+,43-,45-,46+,50-/m1/s1. The van der Waals surface area contributed by atoms with Gasteiger partial charge in [-0.25, -0.2) is 4.79 Å². The Kier molecular flexibility index (Phi) is 21.2. The van der Waals surface area contributed by atoms with E-state index in [9.17, 15) is 39.6 Å². The number of carbonyl (C=O) groups excluding carboxylic acids is 4. The first-order chi connectivity index (χ1) is 30.7. The maximum atomic E-state index is 14.4. The Morgan fingerprint density at radius 1 is 0.815 bits per heavy atom. The van der Waals surface area contributed by atoms with Gasteiger partial charge in [-0.15, -0.1) is 0 Å². The molecule has 0 aromatic rings. The van der Waals surface area contributed by atoms with E-state index < -0.39 is 102 Å². The van der Waals surface area contributed by atoms with Gasteiger partial charge in [-0.1, -0.05) is 64.2 Å². The molecule has 1 aliphatic carbocycles. The van der Waals surface area contributed by atoms with Crippen molar-refractivity contribution < 1.29 is 63.3 Å². The average molecular weight is 917 g/mol. The number of fused-ring (bicyclic) bond motifs is 3. The molecule has 0 spiro atoms. The van der Waals surface area contributed by atoms with E-state index in [2.05, 4.69) is 0 Å². The van der Waals surface area contributed by atoms with Gasteiger partial charge < -0.3 is 54.7 Å². The second-order valence-electron chi connectivity index (χ2n) is 19.5. The van der Waals surface area contributed by atoms with Crippen molar-refractivity contribution in [2.24, 2.45) is 35.3 Å². The molecule has 65 heavy (non-hydrogen) atoms. The van der Waals surface area contributed by atoms with Crippen LogP contribution in [0, 0.1) is 29.6 Å². The number of amides is 1. The van der Waals surface area contributed by atoms with Crippen molar-refractivity contribution in [1.82, 2.24) is 4.90 Å². The molecule has 2 bridgehead atoms. The number of nitrogens with two attached hydrogens (primary N) is 1. The molecule has 0 unspecified atom stereocenters. The quantitative estimate of drug-likeness (QED) is 0.139. The fraction of sp³-hybridized carbons (Fsp3) is 0.760. The third-order valence-corrected chi connectivity index (χ3v) is 14.4. The third-order valence-electron chi connectivity index (χ3n) is 14.4. The number of ketones is 2. The number of allylic oxidation sites excluding steroid dienone is 5. The first-order valence-electron chi connectivity index (χ1n) is 23.8. The molecule has 16 atom stereocenters. The second-order valence-corrected chi connectivity index (χ2v) is 19.5. The van der Waals surface area contributed by atoms with Crippen molar-refractivity contribution >= 4 is 23.4 Å². The van der Waals surface area contributed by atoms with Gasteiger partial charge in [-0.05, 0) is 101 Å². The number of aliphatic hydroxyl groups excluding tert-OH is 3. The molecule has 0 aromatic heterocycles. The number of piperidine rings is 1. The Labute approximate surface area is 386 Å². The van der Waals surface area contributed by atoms with Crippen LogP contribution >= 0.6 is 0 Å². The summed E-state index contributed by atoms with van der Waals surface area (Å²) in [6.07, 6.45) is 9.82. The van der Waals surface area contributed by atoms with E-state index in [4.69, 9.17) is 29.4 Å². The Morgan fingerprint density at radius 2 is 1.52 bits per heavy atom. The van der Waals surface area contributed by atoms with Crippen molar-refractivity contribution in [3.63, 3.8) is 0 Å². The van der Waals surface area contributed by atoms with Gasteiger partial charge in [0.2, 0.25) is 5.79 Å². The molecule has 15 heteroatoms. The summed E-state index contributed by atoms with van der Waals surface area (Å²) in [5.41, 5.74) is 8.18. The van der Waals surface area contributed by atoms with Crippen LogP contribution in [0.5, 0.6) is 0 Å². The van der Waals surface area contributed by atoms with Gasteiger partial charge in [0.05, 0.1) is 30.5 Å². The molecule has 1 amide bonds. The lowest BCUT2D eigenvalue weighted by Gasteiger charge is -2.43. The number of rotatable bonds is 6. The number of nitrogens with zero attached hydrogens (tertiary/aromatic N) is 1. The highest BCUT2D eigenvalue weighted by molar-refractivity contribution is 6.39. The number of hydrogen-bond donors (Lipinski definition) is 5. The van der Waals surface area contributed by atoms with Crippen LogP contribution in [0.3, 0.4) is 0 Å². The molecular weight excluding hydrogens is 837 g/mol. The second kappa shape index (κ2) is 25.3. The van der Waals surface area contributed by atoms with Gasteiger partial charge in [0.25, 0.3) is 11.7 Å². The molecule has 1 saturated carbocycles. The van der Waals surface area contributed by atoms with Crippen molar-refractivity contribution in [2.45, 2.75) is 185 Å². The lowest BCUT2D eigenvalue weighted by molar-refractivity contribution is -0.265. The Morgan fingerprint density at radius 3 is 2.20 bits per heavy atom. The van der Waals surface area contributed by atoms with Crippen LogP contribution in [0.15, 0.2) is 47.6 Å². The predicted molar refractivity (Wildman–Crippen MR) is 245 cm³/mol. The number of esters is 1. The van der Waals surface area contributed by atoms with E-state index in [1.807, 2.05) is 51.2 Å². The van der Waals surface area contributed by atoms with E-state index in [1.165, 1.54) is 12.0 Å². The number of methoxy groups -OCH3 is 3. The highest BCUT2D eigenvalue weighted by Gasteiger charge is 2.53. The summed E-state index contributed by atoms with van der Waals surface area (Å²) in [7, 11) is 4.64. The molecule has 15 nitrogen and oxygen atoms in total. The predicted octanol–water partition coefficient (Wildman–Crippen LogP) is 4.66. The number of aliphatic hydroxyl groups is 4. The minimum Gasteiger partial charge on any atom is -0.459 e. The smallest absolute Gasteiger partial charge is 0.329 e. The number of Topliss-reactive ketones (excluding diaryl/α,β-unsaturated/α-hetero) is 2. The Hall–Kier alpha value is -3.12. The summed E-state index contributed by atoms with van der Waals surface area (Å²) in [4.78, 5) is 57.5. The molecule has 368 valence electrons. The van der Waals surface area contributed by atoms with Crippen molar-refractivity contribution in [3.8, 4) is 0 Å². The van der Waals surface area contributed by atoms with Gasteiger partial charge in [-0.3, -0.25) is 14.4 Å². The Bertz CT molecular complexity index is 1710. The maximum Gasteiger partial charge on any atom is 0.329 e. The summed E-state index contributed by atoms with van der Waals surface area (Å²) in [6, 6.07) is -1.85. The molecule has 3 aliphatic heterocycles. The fourth-order valence-electron chi connectivity index (χ4n) is 10.1. The lowest BCUT2D eigenvalue weighted by Crippen LogP contribution is -2.61. The Balaban J connectivity index is 1.71. The van der Waals surface area contributed by atoms with Crippen LogP contribution in [0.4, 0.5) is 0 Å². The van der Waals surface area contributed by atoms with Gasteiger partial charge >= 0.3 is 5.97 Å². The van der Waals surface area contributed by atoms with Crippen LogP contribution in [0.2, 0.25) is 0 Å². The SMILES string of the molecule is CO[C@H]1C[C@@H]2CC[C@@H](C)[C@@](O)(O2)C(=O)C(=O)N2CCCC[C@H]2C(=O)O[C@H]([C@H](N)C[C@@H]2CC[C@@H](O)[C@H](OC)C2)C[C@@H](OC)[C@H](C)/C=C(\C)[C@@H](O)[C@@H](O)C(=O)[C@H](C)C[C@H](C)/C=C/C=CC=C1C. The number of carbonyl (C=O) groups is 4. The van der Waals surface area contributed by atoms with Crippen LogP contribution in [0.1, 0.15) is 119 Å². The van der Waals surface area contributed by atoms with E-state index in [0.717, 1.165) is 5.57 Å². The van der Waals surface area contributed by atoms with E-state index in [1.54, 1.807) is 41.1 Å². The summed E-state index contributed by atoms with van der Waals surface area (Å²) < 4.78 is 29.8. The van der Waals surface area contributed by atoms with E-state index in [-0.39, 0.29) is 37.3 Å². The van der Waals surface area contributed by atoms with Gasteiger partial charge in [0.15, 0.2) is 5.78 Å². The number of cyclic esters (lactones) is 1. The molecule has 0 aromatic carbocycles. The van der Waals surface area contributed by atoms with Crippen LogP contribution in [-0.4, -0.2) is 143 Å². The molecule has 0 radical (unpaired) electrons. The summed E-state index contributed by atoms with van der Waals surface area (Å²) in [5, 5.41) is 44.8. The molecule has 3 heterocycles. The molecule has 3 fully saturated rings. The summed E-state index contributed by atoms with van der Waals surface area (Å²) >= 11 is 0. The van der Waals surface area contributed by atoms with Crippen LogP contribution < -0.4 is 5.73 Å². The van der Waals surface area contributed by atoms with Gasteiger partial charge in [-0.2, -0.15) is 0 Å². The molecule has 4 rings (SSSR count). The molecule has 2 saturated heterocycles. The fourth-order valence-corrected chi connectivity index (χ4v) is 10.1. The highest BCUT2D eigenvalue weighted by Crippen LogP contribution is 2.37. The molecular formula is C50H80N2O13. The first-order valence-corrected chi connectivity index (χ1v) is 23.8. The van der Waals surface area contributed by atoms with Crippen molar-refractivity contribution in [1.29, 1.82) is 0 Å². The first kappa shape index (κ1) is 54.5. The van der Waals surface area contributed by atoms with E-state index in [0.29, 0.717) is 69.8 Å². The zero-order chi connectivity index (χ0) is 48.2. The summed E-state index contributed by atoms with van der Waals surface area (Å²) in [5.74, 6) is -7.45. The zero-order valence-corrected chi connectivity index (χ0v) is 40.3. The zero-order valence-electron chi connectivity index (χ0n) is 40.3. The van der Waals surface area contributed by atoms with Crippen molar-refractivity contribution in [3.05, 3.63) is 47.6 Å². The van der Waals surface area contributed by atoms with Gasteiger partial charge in [0.1, 0.15) is 24.4 Å².